The first-order valence-electron chi connectivity index (χ1n) is 8.94. The second-order valence-electron chi connectivity index (χ2n) is 6.47. The molecule has 0 fully saturated rings. The molecule has 29 heavy (non-hydrogen) atoms. The molecule has 0 aliphatic rings. The highest BCUT2D eigenvalue weighted by Crippen LogP contribution is 2.30. The highest BCUT2D eigenvalue weighted by Gasteiger charge is 2.23. The quantitative estimate of drug-likeness (QED) is 0.522. The first kappa shape index (κ1) is 18.9. The van der Waals surface area contributed by atoms with E-state index in [0.29, 0.717) is 35.0 Å². The Morgan fingerprint density at radius 1 is 1.28 bits per heavy atom. The summed E-state index contributed by atoms with van der Waals surface area (Å²) in [5.41, 5.74) is 1.09. The van der Waals surface area contributed by atoms with Gasteiger partial charge < -0.3 is 14.3 Å². The van der Waals surface area contributed by atoms with Crippen molar-refractivity contribution >= 4 is 17.2 Å². The molecule has 148 valence electrons. The van der Waals surface area contributed by atoms with Gasteiger partial charge in [-0.15, -0.1) is 11.3 Å². The lowest BCUT2D eigenvalue weighted by molar-refractivity contribution is -0.124. The summed E-state index contributed by atoms with van der Waals surface area (Å²) in [6, 6.07) is 9.59. The van der Waals surface area contributed by atoms with Gasteiger partial charge in [0.2, 0.25) is 5.91 Å². The molecule has 0 spiro atoms. The van der Waals surface area contributed by atoms with Gasteiger partial charge in [-0.3, -0.25) is 9.59 Å². The highest BCUT2D eigenvalue weighted by atomic mass is 32.1. The van der Waals surface area contributed by atoms with Gasteiger partial charge in [0, 0.05) is 17.0 Å². The zero-order valence-electron chi connectivity index (χ0n) is 15.8. The lowest BCUT2D eigenvalue weighted by Crippen LogP contribution is -2.36. The van der Waals surface area contributed by atoms with Crippen molar-refractivity contribution in [3.05, 3.63) is 69.0 Å². The number of thiophene rings is 1. The predicted octanol–water partition coefficient (Wildman–Crippen LogP) is 3.41. The number of nitrogens with zero attached hydrogens (tertiary/aromatic N) is 3. The zero-order valence-corrected chi connectivity index (χ0v) is 16.6. The summed E-state index contributed by atoms with van der Waals surface area (Å²) in [7, 11) is 0. The molecular weight excluding hydrogens is 392 g/mol. The Hall–Kier alpha value is -3.46. The molecule has 1 atom stereocenters. The van der Waals surface area contributed by atoms with Crippen molar-refractivity contribution in [2.24, 2.45) is 0 Å². The largest absolute Gasteiger partial charge is 0.463 e. The maximum Gasteiger partial charge on any atom is 0.268 e. The Kier molecular flexibility index (Phi) is 5.13. The fourth-order valence-corrected chi connectivity index (χ4v) is 3.51. The maximum atomic E-state index is 12.8. The number of hydrogen-bond acceptors (Lipinski definition) is 7. The summed E-state index contributed by atoms with van der Waals surface area (Å²) in [6.07, 6.45) is 1.51. The van der Waals surface area contributed by atoms with Gasteiger partial charge in [-0.25, -0.2) is 4.68 Å². The summed E-state index contributed by atoms with van der Waals surface area (Å²) in [5.74, 6) is 0.552. The number of amides is 1. The van der Waals surface area contributed by atoms with Gasteiger partial charge in [-0.05, 0) is 37.4 Å². The van der Waals surface area contributed by atoms with Crippen LogP contribution in [0.1, 0.15) is 23.5 Å². The second-order valence-corrected chi connectivity index (χ2v) is 7.50. The molecule has 0 saturated carbocycles. The number of aromatic nitrogens is 3. The van der Waals surface area contributed by atoms with Crippen LogP contribution >= 0.6 is 11.3 Å². The van der Waals surface area contributed by atoms with Crippen molar-refractivity contribution in [2.45, 2.75) is 26.4 Å². The Morgan fingerprint density at radius 3 is 2.79 bits per heavy atom. The van der Waals surface area contributed by atoms with Crippen LogP contribution in [0.5, 0.6) is 0 Å². The summed E-state index contributed by atoms with van der Waals surface area (Å²) >= 11 is 1.55. The first-order valence-corrected chi connectivity index (χ1v) is 9.82. The topological polar surface area (TPSA) is 103 Å². The van der Waals surface area contributed by atoms with Gasteiger partial charge in [0.15, 0.2) is 11.5 Å². The molecule has 8 nitrogen and oxygen atoms in total. The number of carbonyl (C=O) groups is 1. The molecule has 0 bridgehead atoms. The zero-order chi connectivity index (χ0) is 20.4. The van der Waals surface area contributed by atoms with E-state index < -0.39 is 11.6 Å². The molecule has 4 aromatic heterocycles. The standard InChI is InChI=1S/C20H18N4O4S/c1-12-9-17(28-23-12)15-10-18(25)24(22-19(15)16-6-3-7-27-16)13(2)20(26)21-11-14-5-4-8-29-14/h3-10,13H,11H2,1-2H3,(H,21,26)/t13-/m1/s1. The molecule has 0 unspecified atom stereocenters. The summed E-state index contributed by atoms with van der Waals surface area (Å²) in [6.45, 7) is 3.81. The SMILES string of the molecule is Cc1cc(-c2cc(=O)n([C@H](C)C(=O)NCc3cccs3)nc2-c2ccco2)on1. The molecule has 9 heteroatoms. The molecule has 0 radical (unpaired) electrons. The van der Waals surface area contributed by atoms with E-state index in [1.54, 1.807) is 43.4 Å². The third kappa shape index (κ3) is 3.90. The highest BCUT2D eigenvalue weighted by molar-refractivity contribution is 7.09. The number of aryl methyl sites for hydroxylation is 1. The molecule has 0 aliphatic carbocycles. The molecule has 1 N–H and O–H groups in total. The van der Waals surface area contributed by atoms with E-state index in [4.69, 9.17) is 8.94 Å². The third-order valence-corrected chi connectivity index (χ3v) is 5.24. The molecule has 4 aromatic rings. The van der Waals surface area contributed by atoms with Crippen LogP contribution in [0.15, 0.2) is 61.8 Å². The van der Waals surface area contributed by atoms with E-state index in [-0.39, 0.29) is 5.91 Å². The fraction of sp³-hybridized carbons (Fsp3) is 0.200. The maximum absolute atomic E-state index is 12.8. The molecule has 4 rings (SSSR count). The normalized spacial score (nSPS) is 12.1. The van der Waals surface area contributed by atoms with E-state index in [9.17, 15) is 9.59 Å². The van der Waals surface area contributed by atoms with Crippen LogP contribution in [-0.2, 0) is 11.3 Å². The summed E-state index contributed by atoms with van der Waals surface area (Å²) in [5, 5.41) is 13.1. The van der Waals surface area contributed by atoms with E-state index in [1.165, 1.54) is 12.3 Å². The van der Waals surface area contributed by atoms with Crippen molar-refractivity contribution in [3.8, 4) is 22.8 Å². The first-order chi connectivity index (χ1) is 14.0. The Morgan fingerprint density at radius 2 is 2.14 bits per heavy atom. The van der Waals surface area contributed by atoms with Crippen LogP contribution in [-0.4, -0.2) is 20.8 Å². The number of hydrogen-bond donors (Lipinski definition) is 1. The van der Waals surface area contributed by atoms with Gasteiger partial charge in [-0.1, -0.05) is 11.2 Å². The number of furan rings is 1. The van der Waals surface area contributed by atoms with Crippen LogP contribution in [0, 0.1) is 6.92 Å². The monoisotopic (exact) mass is 410 g/mol. The van der Waals surface area contributed by atoms with Crippen molar-refractivity contribution in [1.82, 2.24) is 20.3 Å². The predicted molar refractivity (Wildman–Crippen MR) is 107 cm³/mol. The Labute approximate surface area is 169 Å². The van der Waals surface area contributed by atoms with Gasteiger partial charge >= 0.3 is 0 Å². The van der Waals surface area contributed by atoms with Crippen LogP contribution in [0.25, 0.3) is 22.8 Å². The van der Waals surface area contributed by atoms with Gasteiger partial charge in [0.25, 0.3) is 5.56 Å². The molecule has 0 saturated heterocycles. The van der Waals surface area contributed by atoms with Crippen LogP contribution in [0.2, 0.25) is 0 Å². The minimum Gasteiger partial charge on any atom is -0.463 e. The van der Waals surface area contributed by atoms with E-state index in [2.05, 4.69) is 15.6 Å². The molecule has 0 aromatic carbocycles. The molecular formula is C20H18N4O4S. The van der Waals surface area contributed by atoms with Crippen molar-refractivity contribution in [2.75, 3.05) is 0 Å². The lowest BCUT2D eigenvalue weighted by atomic mass is 10.1. The third-order valence-electron chi connectivity index (χ3n) is 4.37. The summed E-state index contributed by atoms with van der Waals surface area (Å²) < 4.78 is 11.9. The molecule has 4 heterocycles. The number of carbonyl (C=O) groups excluding carboxylic acids is 1. The fourth-order valence-electron chi connectivity index (χ4n) is 2.87. The molecule has 0 aliphatic heterocycles. The van der Waals surface area contributed by atoms with E-state index in [0.717, 1.165) is 9.56 Å². The van der Waals surface area contributed by atoms with Gasteiger partial charge in [0.05, 0.1) is 24.1 Å². The number of rotatable bonds is 6. The van der Waals surface area contributed by atoms with Crippen LogP contribution < -0.4 is 10.9 Å². The van der Waals surface area contributed by atoms with Crippen LogP contribution in [0.4, 0.5) is 0 Å². The van der Waals surface area contributed by atoms with Crippen molar-refractivity contribution < 1.29 is 13.7 Å². The number of nitrogens with one attached hydrogen (secondary N) is 1. The van der Waals surface area contributed by atoms with Gasteiger partial charge in [0.1, 0.15) is 11.7 Å². The lowest BCUT2D eigenvalue weighted by Gasteiger charge is -2.15. The summed E-state index contributed by atoms with van der Waals surface area (Å²) in [4.78, 5) is 26.4. The Bertz CT molecular complexity index is 1180. The molecule has 1 amide bonds. The minimum absolute atomic E-state index is 0.304. The van der Waals surface area contributed by atoms with Crippen molar-refractivity contribution in [1.29, 1.82) is 0 Å². The van der Waals surface area contributed by atoms with Crippen molar-refractivity contribution in [3.63, 3.8) is 0 Å². The average molecular weight is 410 g/mol. The van der Waals surface area contributed by atoms with E-state index >= 15 is 0 Å². The minimum atomic E-state index is -0.804. The van der Waals surface area contributed by atoms with E-state index in [1.807, 2.05) is 17.5 Å². The average Bonchev–Trinajstić information content (AvgIpc) is 3.47. The smallest absolute Gasteiger partial charge is 0.268 e. The Balaban J connectivity index is 1.69. The van der Waals surface area contributed by atoms with Crippen LogP contribution in [0.3, 0.4) is 0 Å². The van der Waals surface area contributed by atoms with Gasteiger partial charge in [-0.2, -0.15) is 5.10 Å². The second kappa shape index (κ2) is 7.88.